The molecule has 0 radical (unpaired) electrons. The summed E-state index contributed by atoms with van der Waals surface area (Å²) in [4.78, 5) is 22.1. The van der Waals surface area contributed by atoms with E-state index in [4.69, 9.17) is 5.73 Å². The smallest absolute Gasteiger partial charge is 0.246 e. The molecular weight excluding hydrogens is 372 g/mol. The average Bonchev–Trinajstić information content (AvgIpc) is 3.25. The van der Waals surface area contributed by atoms with Crippen LogP contribution in [0.3, 0.4) is 0 Å². The number of hydrogen-bond donors (Lipinski definition) is 2. The van der Waals surface area contributed by atoms with Gasteiger partial charge in [-0.1, -0.05) is 36.4 Å². The maximum Gasteiger partial charge on any atom is 0.246 e. The summed E-state index contributed by atoms with van der Waals surface area (Å²) in [6.07, 6.45) is 7.66. The van der Waals surface area contributed by atoms with E-state index in [0.717, 1.165) is 28.5 Å². The number of likely N-dealkylation sites (N-methyl/N-ethyl adjacent to an activating group) is 1. The molecule has 4 aromatic rings. The quantitative estimate of drug-likeness (QED) is 0.468. The van der Waals surface area contributed by atoms with Gasteiger partial charge in [-0.2, -0.15) is 0 Å². The highest BCUT2D eigenvalue weighted by atomic mass is 16.2. The van der Waals surface area contributed by atoms with E-state index in [0.29, 0.717) is 5.82 Å². The third-order valence-electron chi connectivity index (χ3n) is 5.28. The summed E-state index contributed by atoms with van der Waals surface area (Å²) in [6.45, 7) is 0. The highest BCUT2D eigenvalue weighted by Crippen LogP contribution is 2.27. The molecule has 0 spiro atoms. The number of pyridine rings is 1. The van der Waals surface area contributed by atoms with Gasteiger partial charge in [0.05, 0.1) is 6.04 Å². The lowest BCUT2D eigenvalue weighted by atomic mass is 9.96. The number of H-pyrrole nitrogens is 1. The molecule has 0 saturated heterocycles. The van der Waals surface area contributed by atoms with Crippen LogP contribution in [0, 0.1) is 0 Å². The highest BCUT2D eigenvalue weighted by Gasteiger charge is 2.21. The number of nitrogens with two attached hydrogens (primary N) is 1. The summed E-state index contributed by atoms with van der Waals surface area (Å²) in [5, 5.41) is 1.13. The minimum Gasteiger partial charge on any atom is -0.384 e. The van der Waals surface area contributed by atoms with Crippen molar-refractivity contribution in [3.8, 4) is 0 Å². The second-order valence-electron chi connectivity index (χ2n) is 7.33. The Labute approximate surface area is 175 Å². The highest BCUT2D eigenvalue weighted by molar-refractivity contribution is 5.92. The van der Waals surface area contributed by atoms with Crippen LogP contribution in [0.4, 0.5) is 5.82 Å². The SMILES string of the molecule is CN(C(=O)/C=C/c1ccc(N)nc1)C(Cc1ccccc1)c1ccc2[nH]ccc2c1. The van der Waals surface area contributed by atoms with Gasteiger partial charge in [0.2, 0.25) is 5.91 Å². The Morgan fingerprint density at radius 1 is 1.13 bits per heavy atom. The van der Waals surface area contributed by atoms with Crippen molar-refractivity contribution < 1.29 is 4.79 Å². The van der Waals surface area contributed by atoms with Crippen LogP contribution in [0.5, 0.6) is 0 Å². The Morgan fingerprint density at radius 3 is 2.73 bits per heavy atom. The van der Waals surface area contributed by atoms with E-state index in [2.05, 4.69) is 40.3 Å². The molecule has 0 saturated carbocycles. The van der Waals surface area contributed by atoms with E-state index >= 15 is 0 Å². The number of nitrogens with one attached hydrogen (secondary N) is 1. The maximum atomic E-state index is 13.0. The second kappa shape index (κ2) is 8.66. The van der Waals surface area contributed by atoms with Gasteiger partial charge in [-0.25, -0.2) is 4.98 Å². The molecule has 2 aromatic heterocycles. The van der Waals surface area contributed by atoms with Gasteiger partial charge in [-0.3, -0.25) is 4.79 Å². The van der Waals surface area contributed by atoms with Crippen molar-refractivity contribution in [1.29, 1.82) is 0 Å². The first kappa shape index (κ1) is 19.5. The van der Waals surface area contributed by atoms with Crippen molar-refractivity contribution in [3.05, 3.63) is 102 Å². The van der Waals surface area contributed by atoms with Gasteiger partial charge in [0.1, 0.15) is 5.82 Å². The zero-order valence-corrected chi connectivity index (χ0v) is 16.8. The number of fused-ring (bicyclic) bond motifs is 1. The van der Waals surface area contributed by atoms with E-state index in [1.807, 2.05) is 43.6 Å². The molecule has 30 heavy (non-hydrogen) atoms. The van der Waals surface area contributed by atoms with Crippen LogP contribution in [0.2, 0.25) is 0 Å². The predicted octanol–water partition coefficient (Wildman–Crippen LogP) is 4.60. The molecule has 5 heteroatoms. The Hall–Kier alpha value is -3.86. The number of aromatic nitrogens is 2. The van der Waals surface area contributed by atoms with Crippen molar-refractivity contribution in [3.63, 3.8) is 0 Å². The lowest BCUT2D eigenvalue weighted by molar-refractivity contribution is -0.126. The topological polar surface area (TPSA) is 75.0 Å². The molecular formula is C25H24N4O. The van der Waals surface area contributed by atoms with Crippen LogP contribution in [0.25, 0.3) is 17.0 Å². The molecule has 2 heterocycles. The molecule has 1 unspecified atom stereocenters. The van der Waals surface area contributed by atoms with Crippen molar-refractivity contribution in [1.82, 2.24) is 14.9 Å². The van der Waals surface area contributed by atoms with Crippen LogP contribution in [-0.4, -0.2) is 27.8 Å². The second-order valence-corrected chi connectivity index (χ2v) is 7.33. The summed E-state index contributed by atoms with van der Waals surface area (Å²) in [6, 6.07) is 22.1. The van der Waals surface area contributed by atoms with Gasteiger partial charge in [0.15, 0.2) is 0 Å². The van der Waals surface area contributed by atoms with Gasteiger partial charge >= 0.3 is 0 Å². The Balaban J connectivity index is 1.61. The van der Waals surface area contributed by atoms with E-state index in [1.165, 1.54) is 5.56 Å². The Kier molecular flexibility index (Phi) is 5.61. The van der Waals surface area contributed by atoms with Crippen LogP contribution in [0.15, 0.2) is 85.2 Å². The summed E-state index contributed by atoms with van der Waals surface area (Å²) in [5.41, 5.74) is 9.83. The molecule has 0 aliphatic carbocycles. The van der Waals surface area contributed by atoms with E-state index in [9.17, 15) is 4.79 Å². The molecule has 3 N–H and O–H groups in total. The summed E-state index contributed by atoms with van der Waals surface area (Å²) < 4.78 is 0. The van der Waals surface area contributed by atoms with Crippen LogP contribution in [0.1, 0.15) is 22.7 Å². The third kappa shape index (κ3) is 4.41. The average molecular weight is 396 g/mol. The molecule has 0 bridgehead atoms. The van der Waals surface area contributed by atoms with Crippen molar-refractivity contribution in [2.24, 2.45) is 0 Å². The molecule has 4 rings (SSSR count). The van der Waals surface area contributed by atoms with Crippen molar-refractivity contribution in [2.75, 3.05) is 12.8 Å². The first-order valence-electron chi connectivity index (χ1n) is 9.87. The first-order chi connectivity index (χ1) is 14.6. The fraction of sp³-hybridized carbons (Fsp3) is 0.120. The van der Waals surface area contributed by atoms with Gasteiger partial charge in [0, 0.05) is 31.0 Å². The monoisotopic (exact) mass is 396 g/mol. The lowest BCUT2D eigenvalue weighted by Gasteiger charge is -2.28. The molecule has 150 valence electrons. The van der Waals surface area contributed by atoms with Crippen LogP contribution < -0.4 is 5.73 Å². The number of aromatic amines is 1. The number of nitrogen functional groups attached to an aromatic ring is 1. The summed E-state index contributed by atoms with van der Waals surface area (Å²) in [7, 11) is 1.85. The lowest BCUT2D eigenvalue weighted by Crippen LogP contribution is -2.31. The molecule has 1 atom stereocenters. The standard InChI is InChI=1S/C25H24N4O/c1-29(25(30)12-8-19-7-11-24(26)28-17-19)23(15-18-5-3-2-4-6-18)21-9-10-22-20(16-21)13-14-27-22/h2-14,16-17,23,27H,15H2,1H3,(H2,26,28)/b12-8+. The minimum absolute atomic E-state index is 0.0677. The first-order valence-corrected chi connectivity index (χ1v) is 9.87. The molecule has 0 aliphatic rings. The number of carbonyl (C=O) groups excluding carboxylic acids is 1. The normalized spacial score (nSPS) is 12.3. The van der Waals surface area contributed by atoms with Gasteiger partial charge in [0.25, 0.3) is 0 Å². The van der Waals surface area contributed by atoms with Gasteiger partial charge in [-0.15, -0.1) is 0 Å². The Bertz CT molecular complexity index is 1160. The van der Waals surface area contributed by atoms with E-state index < -0.39 is 0 Å². The van der Waals surface area contributed by atoms with Gasteiger partial charge < -0.3 is 15.6 Å². The largest absolute Gasteiger partial charge is 0.384 e. The Morgan fingerprint density at radius 2 is 1.97 bits per heavy atom. The van der Waals surface area contributed by atoms with Crippen molar-refractivity contribution >= 4 is 28.7 Å². The zero-order chi connectivity index (χ0) is 20.9. The zero-order valence-electron chi connectivity index (χ0n) is 16.8. The van der Waals surface area contributed by atoms with Crippen LogP contribution >= 0.6 is 0 Å². The molecule has 1 amide bonds. The van der Waals surface area contributed by atoms with Crippen molar-refractivity contribution in [2.45, 2.75) is 12.5 Å². The fourth-order valence-corrected chi connectivity index (χ4v) is 3.55. The fourth-order valence-electron chi connectivity index (χ4n) is 3.55. The summed E-state index contributed by atoms with van der Waals surface area (Å²) in [5.74, 6) is 0.389. The van der Waals surface area contributed by atoms with E-state index in [1.54, 1.807) is 29.3 Å². The molecule has 0 fully saturated rings. The number of hydrogen-bond acceptors (Lipinski definition) is 3. The minimum atomic E-state index is -0.0895. The maximum absolute atomic E-state index is 13.0. The number of rotatable bonds is 6. The molecule has 5 nitrogen and oxygen atoms in total. The number of carbonyl (C=O) groups is 1. The number of nitrogens with zero attached hydrogens (tertiary/aromatic N) is 2. The number of anilines is 1. The molecule has 0 aliphatic heterocycles. The van der Waals surface area contributed by atoms with Crippen LogP contribution in [-0.2, 0) is 11.2 Å². The van der Waals surface area contributed by atoms with E-state index in [-0.39, 0.29) is 11.9 Å². The third-order valence-corrected chi connectivity index (χ3v) is 5.28. The number of amides is 1. The predicted molar refractivity (Wildman–Crippen MR) is 122 cm³/mol. The van der Waals surface area contributed by atoms with Gasteiger partial charge in [-0.05, 0) is 64.9 Å². The number of benzene rings is 2. The molecule has 2 aromatic carbocycles. The summed E-state index contributed by atoms with van der Waals surface area (Å²) >= 11 is 0.